The highest BCUT2D eigenvalue weighted by molar-refractivity contribution is 6.32. The van der Waals surface area contributed by atoms with E-state index in [1.54, 1.807) is 0 Å². The summed E-state index contributed by atoms with van der Waals surface area (Å²) >= 11 is 5.96. The molecule has 1 nitrogen and oxygen atoms in total. The summed E-state index contributed by atoms with van der Waals surface area (Å²) in [7, 11) is 0. The fraction of sp³-hybridized carbons (Fsp3) is 0.364. The zero-order chi connectivity index (χ0) is 9.68. The van der Waals surface area contributed by atoms with Crippen LogP contribution in [0.2, 0.25) is 0 Å². The Kier molecular flexibility index (Phi) is 3.79. The highest BCUT2D eigenvalue weighted by atomic mass is 35.5. The number of allylic oxidation sites excluding steroid dienone is 6. The summed E-state index contributed by atoms with van der Waals surface area (Å²) in [5, 5.41) is 9.35. The van der Waals surface area contributed by atoms with E-state index in [2.05, 4.69) is 12.1 Å². The van der Waals surface area contributed by atoms with Crippen LogP contribution in [0.1, 0.15) is 26.2 Å². The maximum atomic E-state index is 8.79. The van der Waals surface area contributed by atoms with Crippen LogP contribution in [0.15, 0.2) is 34.4 Å². The second-order valence-electron chi connectivity index (χ2n) is 3.10. The third kappa shape index (κ3) is 3.08. The molecule has 2 heteroatoms. The zero-order valence-corrected chi connectivity index (χ0v) is 8.43. The molecular formula is C11H12ClN. The molecular weight excluding hydrogens is 182 g/mol. The Morgan fingerprint density at radius 3 is 2.77 bits per heavy atom. The molecule has 0 unspecified atom stereocenters. The molecule has 0 saturated heterocycles. The Labute approximate surface area is 84.0 Å². The van der Waals surface area contributed by atoms with Gasteiger partial charge in [-0.3, -0.25) is 0 Å². The third-order valence-electron chi connectivity index (χ3n) is 1.96. The van der Waals surface area contributed by atoms with Crippen molar-refractivity contribution in [3.63, 3.8) is 0 Å². The van der Waals surface area contributed by atoms with E-state index in [-0.39, 0.29) is 0 Å². The summed E-state index contributed by atoms with van der Waals surface area (Å²) in [6, 6.07) is 2.10. The number of nitrogens with zero attached hydrogens (tertiary/aromatic N) is 1. The van der Waals surface area contributed by atoms with E-state index in [9.17, 15) is 0 Å². The maximum absolute atomic E-state index is 8.79. The summed E-state index contributed by atoms with van der Waals surface area (Å²) in [5.41, 5.74) is 1.73. The minimum atomic E-state index is 0.554. The highest BCUT2D eigenvalue weighted by Gasteiger charge is 2.02. The Morgan fingerprint density at radius 1 is 1.38 bits per heavy atom. The molecule has 0 saturated carbocycles. The van der Waals surface area contributed by atoms with Crippen LogP contribution in [0.5, 0.6) is 0 Å². The van der Waals surface area contributed by atoms with E-state index in [1.165, 1.54) is 0 Å². The van der Waals surface area contributed by atoms with Gasteiger partial charge in [-0.25, -0.2) is 0 Å². The van der Waals surface area contributed by atoms with Crippen molar-refractivity contribution in [3.05, 3.63) is 34.4 Å². The normalized spacial score (nSPS) is 30.4. The Balaban J connectivity index is 2.98. The molecule has 0 atom stereocenters. The van der Waals surface area contributed by atoms with Crippen LogP contribution in [0.4, 0.5) is 0 Å². The lowest BCUT2D eigenvalue weighted by Gasteiger charge is -1.94. The van der Waals surface area contributed by atoms with Gasteiger partial charge in [-0.05, 0) is 32.3 Å². The van der Waals surface area contributed by atoms with E-state index in [0.717, 1.165) is 24.8 Å². The first kappa shape index (κ1) is 10.1. The summed E-state index contributed by atoms with van der Waals surface area (Å²) < 4.78 is 0. The fourth-order valence-electron chi connectivity index (χ4n) is 1.23. The molecule has 13 heavy (non-hydrogen) atoms. The topological polar surface area (TPSA) is 23.8 Å². The second kappa shape index (κ2) is 4.89. The highest BCUT2D eigenvalue weighted by Crippen LogP contribution is 2.20. The van der Waals surface area contributed by atoms with E-state index in [0.29, 0.717) is 10.6 Å². The molecule has 0 aromatic carbocycles. The predicted octanol–water partition coefficient (Wildman–Crippen LogP) is 3.69. The van der Waals surface area contributed by atoms with Crippen LogP contribution in [-0.2, 0) is 0 Å². The van der Waals surface area contributed by atoms with Gasteiger partial charge in [0.25, 0.3) is 0 Å². The Hall–Kier alpha value is -1.00. The smallest absolute Gasteiger partial charge is 0.100 e. The molecule has 0 fully saturated rings. The van der Waals surface area contributed by atoms with Crippen molar-refractivity contribution >= 4 is 11.6 Å². The summed E-state index contributed by atoms with van der Waals surface area (Å²) in [6.07, 6.45) is 8.97. The van der Waals surface area contributed by atoms with Crippen LogP contribution < -0.4 is 0 Å². The van der Waals surface area contributed by atoms with Crippen molar-refractivity contribution in [2.24, 2.45) is 0 Å². The molecule has 0 N–H and O–H groups in total. The van der Waals surface area contributed by atoms with Gasteiger partial charge in [0.1, 0.15) is 6.07 Å². The molecule has 1 aliphatic rings. The summed E-state index contributed by atoms with van der Waals surface area (Å²) in [6.45, 7) is 2.00. The number of halogens is 1. The van der Waals surface area contributed by atoms with Gasteiger partial charge < -0.3 is 0 Å². The lowest BCUT2D eigenvalue weighted by Crippen LogP contribution is -1.79. The van der Waals surface area contributed by atoms with Gasteiger partial charge in [-0.2, -0.15) is 5.26 Å². The van der Waals surface area contributed by atoms with Crippen molar-refractivity contribution in [3.8, 4) is 6.07 Å². The monoisotopic (exact) mass is 193 g/mol. The van der Waals surface area contributed by atoms with Gasteiger partial charge in [-0.1, -0.05) is 29.3 Å². The summed E-state index contributed by atoms with van der Waals surface area (Å²) in [4.78, 5) is 0. The molecule has 0 aromatic rings. The first-order valence-corrected chi connectivity index (χ1v) is 4.76. The Morgan fingerprint density at radius 2 is 2.08 bits per heavy atom. The minimum Gasteiger partial charge on any atom is -0.192 e. The third-order valence-corrected chi connectivity index (χ3v) is 2.27. The number of hydrogen-bond donors (Lipinski definition) is 0. The first-order chi connectivity index (χ1) is 6.24. The number of rotatable bonds is 0. The Bertz CT molecular complexity index is 315. The van der Waals surface area contributed by atoms with E-state index in [1.807, 2.05) is 19.1 Å². The van der Waals surface area contributed by atoms with E-state index in [4.69, 9.17) is 16.9 Å². The van der Waals surface area contributed by atoms with Crippen molar-refractivity contribution in [2.45, 2.75) is 26.2 Å². The molecule has 0 spiro atoms. The molecule has 0 amide bonds. The zero-order valence-electron chi connectivity index (χ0n) is 7.68. The van der Waals surface area contributed by atoms with Crippen molar-refractivity contribution in [2.75, 3.05) is 0 Å². The maximum Gasteiger partial charge on any atom is 0.100 e. The molecule has 1 rings (SSSR count). The lowest BCUT2D eigenvalue weighted by molar-refractivity contribution is 0.864. The largest absolute Gasteiger partial charge is 0.192 e. The van der Waals surface area contributed by atoms with Gasteiger partial charge >= 0.3 is 0 Å². The van der Waals surface area contributed by atoms with Gasteiger partial charge in [0, 0.05) is 0 Å². The quantitative estimate of drug-likeness (QED) is 0.576. The van der Waals surface area contributed by atoms with Gasteiger partial charge in [-0.15, -0.1) is 0 Å². The van der Waals surface area contributed by atoms with E-state index < -0.39 is 0 Å². The van der Waals surface area contributed by atoms with Crippen LogP contribution in [-0.4, -0.2) is 0 Å². The molecule has 0 heterocycles. The molecule has 0 aliphatic heterocycles. The molecule has 0 bridgehead atoms. The molecule has 68 valence electrons. The SMILES string of the molecule is CC1=C/CCC/C=C(C#N)/C(Cl)=C\1. The average molecular weight is 194 g/mol. The minimum absolute atomic E-state index is 0.554. The van der Waals surface area contributed by atoms with Crippen LogP contribution in [0, 0.1) is 11.3 Å². The van der Waals surface area contributed by atoms with Gasteiger partial charge in [0.05, 0.1) is 10.6 Å². The fourth-order valence-corrected chi connectivity index (χ4v) is 1.52. The molecule has 0 aromatic heterocycles. The standard InChI is InChI=1S/C11H12ClN/c1-9-5-3-2-4-6-10(8-13)11(12)7-9/h5-7H,2-4H2,1H3/b9-5-,10-6+,11-7+. The van der Waals surface area contributed by atoms with Gasteiger partial charge in [0.15, 0.2) is 0 Å². The number of hydrogen-bond acceptors (Lipinski definition) is 1. The van der Waals surface area contributed by atoms with E-state index >= 15 is 0 Å². The molecule has 1 aliphatic carbocycles. The van der Waals surface area contributed by atoms with Crippen LogP contribution >= 0.6 is 11.6 Å². The van der Waals surface area contributed by atoms with Crippen LogP contribution in [0.25, 0.3) is 0 Å². The summed E-state index contributed by atoms with van der Waals surface area (Å²) in [5.74, 6) is 0. The van der Waals surface area contributed by atoms with Crippen LogP contribution in [0.3, 0.4) is 0 Å². The van der Waals surface area contributed by atoms with Crippen molar-refractivity contribution in [1.82, 2.24) is 0 Å². The van der Waals surface area contributed by atoms with Crippen molar-refractivity contribution in [1.29, 1.82) is 5.26 Å². The average Bonchev–Trinajstić information content (AvgIpc) is 2.16. The number of nitriles is 1. The van der Waals surface area contributed by atoms with Crippen molar-refractivity contribution < 1.29 is 0 Å². The molecule has 0 radical (unpaired) electrons. The second-order valence-corrected chi connectivity index (χ2v) is 3.51. The lowest BCUT2D eigenvalue weighted by atomic mass is 10.2. The predicted molar refractivity (Wildman–Crippen MR) is 55.2 cm³/mol. The van der Waals surface area contributed by atoms with Gasteiger partial charge in [0.2, 0.25) is 0 Å². The first-order valence-electron chi connectivity index (χ1n) is 4.38.